The number of hydrogen-bond donors (Lipinski definition) is 2. The van der Waals surface area contributed by atoms with Gasteiger partial charge in [-0.05, 0) is 55.6 Å². The van der Waals surface area contributed by atoms with Gasteiger partial charge in [-0.25, -0.2) is 4.39 Å². The predicted octanol–water partition coefficient (Wildman–Crippen LogP) is 3.29. The molecule has 2 aromatic heterocycles. The Labute approximate surface area is 161 Å². The lowest BCUT2D eigenvalue weighted by Crippen LogP contribution is -2.20. The smallest absolute Gasteiger partial charge is 0.259 e. The van der Waals surface area contributed by atoms with E-state index < -0.39 is 5.91 Å². The van der Waals surface area contributed by atoms with E-state index >= 15 is 0 Å². The summed E-state index contributed by atoms with van der Waals surface area (Å²) in [6.07, 6.45) is 2.32. The highest BCUT2D eigenvalue weighted by atomic mass is 32.1. The number of carbonyl (C=O) groups excluding carboxylic acids is 1. The van der Waals surface area contributed by atoms with Crippen molar-refractivity contribution in [2.45, 2.75) is 26.2 Å². The minimum Gasteiger partial charge on any atom is -0.365 e. The molecule has 0 radical (unpaired) electrons. The molecule has 3 rings (SSSR count). The number of aromatic nitrogens is 2. The highest BCUT2D eigenvalue weighted by Gasteiger charge is 2.28. The van der Waals surface area contributed by atoms with Crippen LogP contribution in [0.2, 0.25) is 0 Å². The summed E-state index contributed by atoms with van der Waals surface area (Å²) in [6.45, 7) is 4.27. The molecular weight excluding hydrogens is 363 g/mol. The van der Waals surface area contributed by atoms with Gasteiger partial charge < -0.3 is 11.5 Å². The fourth-order valence-electron chi connectivity index (χ4n) is 3.59. The zero-order valence-electron chi connectivity index (χ0n) is 15.6. The molecule has 0 aliphatic carbocycles. The van der Waals surface area contributed by atoms with Crippen molar-refractivity contribution in [1.82, 2.24) is 9.78 Å². The van der Waals surface area contributed by atoms with Crippen LogP contribution in [-0.2, 0) is 13.5 Å². The third-order valence-corrected chi connectivity index (χ3v) is 5.90. The molecule has 0 bridgehead atoms. The minimum atomic E-state index is -0.470. The molecular formula is C20H23FN4OS. The maximum Gasteiger partial charge on any atom is 0.259 e. The molecule has 3 aromatic rings. The molecule has 27 heavy (non-hydrogen) atoms. The van der Waals surface area contributed by atoms with Crippen LogP contribution in [0.15, 0.2) is 30.5 Å². The minimum absolute atomic E-state index is 0.163. The Morgan fingerprint density at radius 1 is 1.37 bits per heavy atom. The number of nitrogens with two attached hydrogens (primary N) is 2. The van der Waals surface area contributed by atoms with Gasteiger partial charge in [-0.3, -0.25) is 9.48 Å². The van der Waals surface area contributed by atoms with Gasteiger partial charge in [-0.2, -0.15) is 5.10 Å². The quantitative estimate of drug-likeness (QED) is 0.681. The summed E-state index contributed by atoms with van der Waals surface area (Å²) >= 11 is 1.38. The van der Waals surface area contributed by atoms with Crippen molar-refractivity contribution in [1.29, 1.82) is 0 Å². The Morgan fingerprint density at radius 3 is 2.67 bits per heavy atom. The Morgan fingerprint density at radius 2 is 2.11 bits per heavy atom. The summed E-state index contributed by atoms with van der Waals surface area (Å²) in [4.78, 5) is 13.7. The van der Waals surface area contributed by atoms with E-state index in [0.717, 1.165) is 32.8 Å². The van der Waals surface area contributed by atoms with Gasteiger partial charge in [0, 0.05) is 23.4 Å². The number of carbonyl (C=O) groups is 1. The van der Waals surface area contributed by atoms with E-state index in [0.29, 0.717) is 17.8 Å². The molecule has 142 valence electrons. The molecule has 1 aromatic carbocycles. The van der Waals surface area contributed by atoms with Gasteiger partial charge >= 0.3 is 0 Å². The van der Waals surface area contributed by atoms with E-state index in [-0.39, 0.29) is 11.7 Å². The van der Waals surface area contributed by atoms with Crippen molar-refractivity contribution < 1.29 is 9.18 Å². The zero-order chi connectivity index (χ0) is 19.7. The second-order valence-electron chi connectivity index (χ2n) is 6.71. The molecule has 2 heterocycles. The topological polar surface area (TPSA) is 86.9 Å². The van der Waals surface area contributed by atoms with E-state index in [1.54, 1.807) is 16.9 Å². The first-order valence-corrected chi connectivity index (χ1v) is 9.51. The molecule has 0 unspecified atom stereocenters. The van der Waals surface area contributed by atoms with Crippen LogP contribution in [-0.4, -0.2) is 22.2 Å². The molecule has 0 fully saturated rings. The van der Waals surface area contributed by atoms with Crippen molar-refractivity contribution in [3.05, 3.63) is 62.7 Å². The number of thiophene rings is 1. The summed E-state index contributed by atoms with van der Waals surface area (Å²) in [7, 11) is 1.87. The van der Waals surface area contributed by atoms with Gasteiger partial charge in [0.05, 0.1) is 16.8 Å². The number of primary amides is 1. The molecule has 0 saturated heterocycles. The molecule has 0 saturated carbocycles. The van der Waals surface area contributed by atoms with E-state index in [1.807, 2.05) is 27.0 Å². The number of amides is 1. The van der Waals surface area contributed by atoms with E-state index in [1.165, 1.54) is 23.5 Å². The lowest BCUT2D eigenvalue weighted by atomic mass is 9.87. The van der Waals surface area contributed by atoms with Gasteiger partial charge in [-0.15, -0.1) is 11.3 Å². The second kappa shape index (κ2) is 7.62. The van der Waals surface area contributed by atoms with Gasteiger partial charge in [0.1, 0.15) is 5.82 Å². The summed E-state index contributed by atoms with van der Waals surface area (Å²) in [5.41, 5.74) is 16.4. The number of halogens is 1. The third kappa shape index (κ3) is 3.65. The maximum absolute atomic E-state index is 13.6. The van der Waals surface area contributed by atoms with Crippen LogP contribution in [0.1, 0.15) is 37.2 Å². The Hall–Kier alpha value is -2.51. The summed E-state index contributed by atoms with van der Waals surface area (Å²) in [5.74, 6) is -0.923. The molecule has 4 N–H and O–H groups in total. The Bertz CT molecular complexity index is 973. The zero-order valence-corrected chi connectivity index (χ0v) is 16.4. The van der Waals surface area contributed by atoms with Crippen LogP contribution in [0, 0.1) is 19.7 Å². The SMILES string of the molecule is Cc1cnn(C)c1-c1c(C)sc(C(N)=O)c1[C@@H](CN)Cc1cccc(F)c1. The normalized spacial score (nSPS) is 12.3. The molecule has 0 aliphatic heterocycles. The first kappa shape index (κ1) is 19.3. The van der Waals surface area contributed by atoms with Crippen molar-refractivity contribution in [2.24, 2.45) is 18.5 Å². The number of hydrogen-bond acceptors (Lipinski definition) is 4. The molecule has 1 atom stereocenters. The second-order valence-corrected chi connectivity index (χ2v) is 7.93. The summed E-state index contributed by atoms with van der Waals surface area (Å²) < 4.78 is 15.4. The predicted molar refractivity (Wildman–Crippen MR) is 106 cm³/mol. The first-order chi connectivity index (χ1) is 12.8. The standard InChI is InChI=1S/C20H23FN4OS/c1-11-10-24-25(3)18(11)16-12(2)27-19(20(23)26)17(16)14(9-22)7-13-5-4-6-15(21)8-13/h4-6,8,10,14H,7,9,22H2,1-3H3,(H2,23,26)/t14-/m1/s1. The number of aryl methyl sites for hydroxylation is 3. The highest BCUT2D eigenvalue weighted by molar-refractivity contribution is 7.14. The first-order valence-electron chi connectivity index (χ1n) is 8.70. The van der Waals surface area contributed by atoms with Gasteiger partial charge in [0.2, 0.25) is 0 Å². The molecule has 5 nitrogen and oxygen atoms in total. The highest BCUT2D eigenvalue weighted by Crippen LogP contribution is 2.42. The summed E-state index contributed by atoms with van der Waals surface area (Å²) in [6, 6.07) is 6.46. The maximum atomic E-state index is 13.6. The Kier molecular flexibility index (Phi) is 5.43. The average molecular weight is 386 g/mol. The monoisotopic (exact) mass is 386 g/mol. The fraction of sp³-hybridized carbons (Fsp3) is 0.300. The van der Waals surface area contributed by atoms with Gasteiger partial charge in [-0.1, -0.05) is 12.1 Å². The molecule has 0 spiro atoms. The van der Waals surface area contributed by atoms with Crippen molar-refractivity contribution in [3.8, 4) is 11.3 Å². The number of rotatable bonds is 6. The van der Waals surface area contributed by atoms with Crippen LogP contribution in [0.5, 0.6) is 0 Å². The van der Waals surface area contributed by atoms with Gasteiger partial charge in [0.15, 0.2) is 0 Å². The van der Waals surface area contributed by atoms with Crippen LogP contribution in [0.4, 0.5) is 4.39 Å². The van der Waals surface area contributed by atoms with Crippen LogP contribution < -0.4 is 11.5 Å². The number of nitrogens with zero attached hydrogens (tertiary/aromatic N) is 2. The lowest BCUT2D eigenvalue weighted by Gasteiger charge is -2.19. The van der Waals surface area contributed by atoms with E-state index in [9.17, 15) is 9.18 Å². The van der Waals surface area contributed by atoms with E-state index in [4.69, 9.17) is 11.5 Å². The summed E-state index contributed by atoms with van der Waals surface area (Å²) in [5, 5.41) is 4.33. The molecule has 7 heteroatoms. The number of benzene rings is 1. The molecule has 1 amide bonds. The van der Waals surface area contributed by atoms with Crippen LogP contribution >= 0.6 is 11.3 Å². The average Bonchev–Trinajstić information content (AvgIpc) is 3.12. The van der Waals surface area contributed by atoms with Crippen molar-refractivity contribution >= 4 is 17.2 Å². The van der Waals surface area contributed by atoms with Crippen LogP contribution in [0.25, 0.3) is 11.3 Å². The van der Waals surface area contributed by atoms with E-state index in [2.05, 4.69) is 5.10 Å². The largest absolute Gasteiger partial charge is 0.365 e. The van der Waals surface area contributed by atoms with Crippen molar-refractivity contribution in [3.63, 3.8) is 0 Å². The lowest BCUT2D eigenvalue weighted by molar-refractivity contribution is 0.100. The third-order valence-electron chi connectivity index (χ3n) is 4.77. The Balaban J connectivity index is 2.18. The van der Waals surface area contributed by atoms with Gasteiger partial charge in [0.25, 0.3) is 5.91 Å². The molecule has 0 aliphatic rings. The van der Waals surface area contributed by atoms with Crippen molar-refractivity contribution in [2.75, 3.05) is 6.54 Å². The van der Waals surface area contributed by atoms with Crippen LogP contribution in [0.3, 0.4) is 0 Å². The fourth-order valence-corrected chi connectivity index (χ4v) is 4.68.